The average molecular weight is 539 g/mol. The molecule has 0 fully saturated rings. The van der Waals surface area contributed by atoms with Gasteiger partial charge in [0.05, 0.1) is 26.9 Å². The topological polar surface area (TPSA) is 115 Å². The van der Waals surface area contributed by atoms with E-state index in [0.29, 0.717) is 37.3 Å². The van der Waals surface area contributed by atoms with E-state index in [0.717, 1.165) is 29.5 Å². The Hall–Kier alpha value is -3.05. The lowest BCUT2D eigenvalue weighted by atomic mass is 9.92. The summed E-state index contributed by atoms with van der Waals surface area (Å²) in [4.78, 5) is 5.08. The third kappa shape index (κ3) is 4.94. The number of imidazole rings is 1. The molecule has 0 bridgehead atoms. The highest BCUT2D eigenvalue weighted by Gasteiger charge is 2.37. The van der Waals surface area contributed by atoms with Crippen molar-refractivity contribution in [2.24, 2.45) is 5.14 Å². The first kappa shape index (κ1) is 25.6. The van der Waals surface area contributed by atoms with Crippen molar-refractivity contribution in [2.75, 3.05) is 6.54 Å². The summed E-state index contributed by atoms with van der Waals surface area (Å²) in [5.74, 6) is 0.713. The molecule has 1 aliphatic heterocycles. The van der Waals surface area contributed by atoms with Gasteiger partial charge in [0.1, 0.15) is 5.82 Å². The van der Waals surface area contributed by atoms with Crippen LogP contribution in [-0.4, -0.2) is 37.2 Å². The first-order chi connectivity index (χ1) is 17.7. The molecule has 3 aromatic carbocycles. The molecule has 4 aromatic rings. The van der Waals surface area contributed by atoms with Crippen LogP contribution in [0.2, 0.25) is 0 Å². The zero-order chi connectivity index (χ0) is 26.2. The molecule has 2 N–H and O–H groups in total. The number of fused-ring (bicyclic) bond motifs is 2. The first-order valence-corrected chi connectivity index (χ1v) is 15.4. The maximum Gasteiger partial charge on any atom is 0.243 e. The minimum absolute atomic E-state index is 0.00276. The fourth-order valence-electron chi connectivity index (χ4n) is 5.09. The van der Waals surface area contributed by atoms with Crippen molar-refractivity contribution in [3.05, 3.63) is 89.7 Å². The minimum Gasteiger partial charge on any atom is -0.328 e. The van der Waals surface area contributed by atoms with E-state index in [-0.39, 0.29) is 9.79 Å². The third-order valence-electron chi connectivity index (χ3n) is 6.95. The van der Waals surface area contributed by atoms with Crippen LogP contribution >= 0.6 is 0 Å². The van der Waals surface area contributed by atoms with Crippen molar-refractivity contribution < 1.29 is 16.8 Å². The molecule has 1 aromatic heterocycles. The maximum absolute atomic E-state index is 13.8. The predicted molar refractivity (Wildman–Crippen MR) is 143 cm³/mol. The highest BCUT2D eigenvalue weighted by molar-refractivity contribution is 7.89. The second-order valence-electron chi connectivity index (χ2n) is 9.33. The number of primary sulfonamides is 1. The first-order valence-electron chi connectivity index (χ1n) is 12.4. The third-order valence-corrected chi connectivity index (χ3v) is 9.78. The number of hydrogen-bond acceptors (Lipinski definition) is 5. The molecule has 1 aliphatic rings. The highest BCUT2D eigenvalue weighted by atomic mass is 32.2. The van der Waals surface area contributed by atoms with Gasteiger partial charge < -0.3 is 4.57 Å². The van der Waals surface area contributed by atoms with Crippen LogP contribution in [0, 0.1) is 0 Å². The molecule has 37 heavy (non-hydrogen) atoms. The van der Waals surface area contributed by atoms with E-state index in [9.17, 15) is 16.8 Å². The maximum atomic E-state index is 13.8. The molecule has 0 spiro atoms. The van der Waals surface area contributed by atoms with Gasteiger partial charge in [-0.25, -0.2) is 27.0 Å². The van der Waals surface area contributed by atoms with Crippen LogP contribution in [0.25, 0.3) is 11.0 Å². The fraction of sp³-hybridized carbons (Fsp3) is 0.296. The Morgan fingerprint density at radius 3 is 2.41 bits per heavy atom. The molecule has 0 amide bonds. The van der Waals surface area contributed by atoms with Crippen LogP contribution in [0.5, 0.6) is 0 Å². The molecule has 0 aliphatic carbocycles. The molecule has 5 rings (SSSR count). The van der Waals surface area contributed by atoms with E-state index in [4.69, 9.17) is 10.1 Å². The Morgan fingerprint density at radius 1 is 0.946 bits per heavy atom. The van der Waals surface area contributed by atoms with Gasteiger partial charge in [-0.15, -0.1) is 0 Å². The summed E-state index contributed by atoms with van der Waals surface area (Å²) >= 11 is 0. The van der Waals surface area contributed by atoms with Gasteiger partial charge in [0.25, 0.3) is 0 Å². The lowest BCUT2D eigenvalue weighted by molar-refractivity contribution is 0.300. The summed E-state index contributed by atoms with van der Waals surface area (Å²) in [6.07, 6.45) is 2.85. The van der Waals surface area contributed by atoms with Gasteiger partial charge in [0, 0.05) is 19.5 Å². The van der Waals surface area contributed by atoms with Crippen LogP contribution < -0.4 is 5.14 Å². The van der Waals surface area contributed by atoms with Crippen molar-refractivity contribution in [1.82, 2.24) is 13.9 Å². The molecule has 2 heterocycles. The molecule has 0 radical (unpaired) electrons. The van der Waals surface area contributed by atoms with Crippen molar-refractivity contribution in [3.8, 4) is 0 Å². The lowest BCUT2D eigenvalue weighted by Gasteiger charge is -2.36. The summed E-state index contributed by atoms with van der Waals surface area (Å²) in [6.45, 7) is 3.16. The second-order valence-corrected chi connectivity index (χ2v) is 12.8. The van der Waals surface area contributed by atoms with E-state index in [2.05, 4.69) is 11.5 Å². The highest BCUT2D eigenvalue weighted by Crippen LogP contribution is 2.37. The number of nitrogens with two attached hydrogens (primary N) is 1. The number of rotatable bonds is 8. The van der Waals surface area contributed by atoms with Crippen LogP contribution in [0.15, 0.2) is 82.6 Å². The van der Waals surface area contributed by atoms with E-state index in [1.54, 1.807) is 40.7 Å². The Kier molecular flexibility index (Phi) is 6.93. The van der Waals surface area contributed by atoms with Crippen molar-refractivity contribution in [1.29, 1.82) is 0 Å². The SMILES string of the molecule is CCCCn1c(C[C@H]2c3ccccc3CCN2S(=O)(=O)c2ccccc2)nc2cc(S(N)(=O)=O)ccc21. The molecule has 1 atom stereocenters. The Bertz CT molecular complexity index is 1650. The van der Waals surface area contributed by atoms with Crippen LogP contribution in [0.4, 0.5) is 0 Å². The molecular formula is C27H30N4O4S2. The smallest absolute Gasteiger partial charge is 0.243 e. The van der Waals surface area contributed by atoms with Gasteiger partial charge in [-0.1, -0.05) is 55.8 Å². The second kappa shape index (κ2) is 10.0. The quantitative estimate of drug-likeness (QED) is 0.364. The van der Waals surface area contributed by atoms with Gasteiger partial charge in [0.2, 0.25) is 20.0 Å². The fourth-order valence-corrected chi connectivity index (χ4v) is 7.25. The largest absolute Gasteiger partial charge is 0.328 e. The van der Waals surface area contributed by atoms with Crippen molar-refractivity contribution in [2.45, 2.75) is 55.0 Å². The Labute approximate surface area is 217 Å². The Balaban J connectivity index is 1.63. The van der Waals surface area contributed by atoms with Crippen LogP contribution in [0.1, 0.15) is 42.8 Å². The molecule has 0 unspecified atom stereocenters. The molecule has 0 saturated heterocycles. The standard InChI is InChI=1S/C27H30N4O4S2/c1-2-3-16-30-25-14-13-22(36(28,32)33)18-24(25)29-27(30)19-26-23-12-8-7-9-20(23)15-17-31(26)37(34,35)21-10-5-4-6-11-21/h4-14,18,26H,2-3,15-17,19H2,1H3,(H2,28,32,33)/t26-/m0/s1. The monoisotopic (exact) mass is 538 g/mol. The summed E-state index contributed by atoms with van der Waals surface area (Å²) in [5, 5.41) is 5.36. The van der Waals surface area contributed by atoms with Gasteiger partial charge in [-0.05, 0) is 54.3 Å². The van der Waals surface area contributed by atoms with Crippen LogP contribution in [-0.2, 0) is 39.4 Å². The summed E-state index contributed by atoms with van der Waals surface area (Å²) in [5.41, 5.74) is 3.42. The summed E-state index contributed by atoms with van der Waals surface area (Å²) in [7, 11) is -7.64. The van der Waals surface area contributed by atoms with Gasteiger partial charge in [-0.3, -0.25) is 0 Å². The number of hydrogen-bond donors (Lipinski definition) is 1. The number of sulfonamides is 2. The van der Waals surface area contributed by atoms with Gasteiger partial charge in [-0.2, -0.15) is 4.31 Å². The normalized spacial score (nSPS) is 16.6. The van der Waals surface area contributed by atoms with E-state index in [1.807, 2.05) is 24.3 Å². The zero-order valence-electron chi connectivity index (χ0n) is 20.6. The van der Waals surface area contributed by atoms with Gasteiger partial charge in [0.15, 0.2) is 0 Å². The zero-order valence-corrected chi connectivity index (χ0v) is 22.2. The molecular weight excluding hydrogens is 508 g/mol. The summed E-state index contributed by atoms with van der Waals surface area (Å²) in [6, 6.07) is 20.7. The number of benzene rings is 3. The average Bonchev–Trinajstić information content (AvgIpc) is 3.23. The van der Waals surface area contributed by atoms with E-state index >= 15 is 0 Å². The molecule has 194 valence electrons. The molecule has 10 heteroatoms. The van der Waals surface area contributed by atoms with Crippen LogP contribution in [0.3, 0.4) is 0 Å². The van der Waals surface area contributed by atoms with E-state index in [1.165, 1.54) is 12.1 Å². The number of nitrogens with zero attached hydrogens (tertiary/aromatic N) is 3. The van der Waals surface area contributed by atoms with Crippen molar-refractivity contribution in [3.63, 3.8) is 0 Å². The number of aromatic nitrogens is 2. The summed E-state index contributed by atoms with van der Waals surface area (Å²) < 4.78 is 55.2. The molecule has 0 saturated carbocycles. The molecule has 8 nitrogen and oxygen atoms in total. The van der Waals surface area contributed by atoms with E-state index < -0.39 is 26.1 Å². The Morgan fingerprint density at radius 2 is 1.68 bits per heavy atom. The van der Waals surface area contributed by atoms with Gasteiger partial charge >= 0.3 is 0 Å². The lowest BCUT2D eigenvalue weighted by Crippen LogP contribution is -2.41. The minimum atomic E-state index is -3.88. The number of aryl methyl sites for hydroxylation is 1. The predicted octanol–water partition coefficient (Wildman–Crippen LogP) is 4.01. The van der Waals surface area contributed by atoms with Crippen molar-refractivity contribution >= 4 is 31.1 Å². The number of unbranched alkanes of at least 4 members (excludes halogenated alkanes) is 1.